The molecule has 1 aromatic heterocycles. The van der Waals surface area contributed by atoms with E-state index in [1.54, 1.807) is 0 Å². The normalized spacial score (nSPS) is 11.7. The van der Waals surface area contributed by atoms with E-state index >= 15 is 0 Å². The average molecular weight is 164 g/mol. The lowest BCUT2D eigenvalue weighted by Crippen LogP contribution is -2.27. The Balaban J connectivity index is 2.96. The minimum atomic E-state index is 0.314. The van der Waals surface area contributed by atoms with Gasteiger partial charge in [-0.15, -0.1) is 0 Å². The van der Waals surface area contributed by atoms with Crippen LogP contribution in [-0.4, -0.2) is 0 Å². The standard InChI is InChI=1S/C11H18N/c1-5-11(2,3)10-6-8-12(4)9-7-10/h6-9H,5H2,1-4H3/q+1. The molecular weight excluding hydrogens is 146 g/mol. The average Bonchev–Trinajstić information content (AvgIpc) is 2.05. The molecule has 0 bridgehead atoms. The lowest BCUT2D eigenvalue weighted by Gasteiger charge is -2.22. The summed E-state index contributed by atoms with van der Waals surface area (Å²) in [5, 5.41) is 0. The number of aryl methyl sites for hydroxylation is 1. The topological polar surface area (TPSA) is 3.88 Å². The van der Waals surface area contributed by atoms with Crippen molar-refractivity contribution in [1.29, 1.82) is 0 Å². The van der Waals surface area contributed by atoms with Gasteiger partial charge in [-0.25, -0.2) is 4.57 Å². The Kier molecular flexibility index (Phi) is 2.51. The van der Waals surface area contributed by atoms with Crippen molar-refractivity contribution in [3.05, 3.63) is 30.1 Å². The van der Waals surface area contributed by atoms with E-state index in [0.717, 1.165) is 0 Å². The zero-order chi connectivity index (χ0) is 9.19. The fraction of sp³-hybridized carbons (Fsp3) is 0.545. The van der Waals surface area contributed by atoms with Crippen LogP contribution in [0.4, 0.5) is 0 Å². The minimum absolute atomic E-state index is 0.314. The minimum Gasteiger partial charge on any atom is -0.208 e. The van der Waals surface area contributed by atoms with Crippen molar-refractivity contribution in [2.24, 2.45) is 7.05 Å². The highest BCUT2D eigenvalue weighted by Gasteiger charge is 2.18. The monoisotopic (exact) mass is 164 g/mol. The molecule has 1 nitrogen and oxygen atoms in total. The van der Waals surface area contributed by atoms with Crippen molar-refractivity contribution in [3.8, 4) is 0 Å². The van der Waals surface area contributed by atoms with E-state index in [1.807, 2.05) is 7.05 Å². The summed E-state index contributed by atoms with van der Waals surface area (Å²) in [5.74, 6) is 0. The first-order valence-electron chi connectivity index (χ1n) is 4.52. The molecule has 12 heavy (non-hydrogen) atoms. The number of hydrogen-bond donors (Lipinski definition) is 0. The first-order chi connectivity index (χ1) is 5.56. The van der Waals surface area contributed by atoms with Gasteiger partial charge in [0.2, 0.25) is 0 Å². The second-order valence-corrected chi connectivity index (χ2v) is 3.99. The zero-order valence-electron chi connectivity index (χ0n) is 8.46. The first-order valence-corrected chi connectivity index (χ1v) is 4.52. The van der Waals surface area contributed by atoms with Crippen LogP contribution < -0.4 is 4.57 Å². The maximum atomic E-state index is 2.28. The maximum Gasteiger partial charge on any atom is 0.168 e. The van der Waals surface area contributed by atoms with Gasteiger partial charge in [-0.05, 0) is 17.4 Å². The molecule has 0 spiro atoms. The molecule has 0 amide bonds. The molecule has 0 saturated carbocycles. The van der Waals surface area contributed by atoms with E-state index in [4.69, 9.17) is 0 Å². The first kappa shape index (κ1) is 9.24. The number of nitrogens with zero attached hydrogens (tertiary/aromatic N) is 1. The summed E-state index contributed by atoms with van der Waals surface area (Å²) in [4.78, 5) is 0. The predicted octanol–water partition coefficient (Wildman–Crippen LogP) is 2.20. The van der Waals surface area contributed by atoms with Crippen LogP contribution in [0.3, 0.4) is 0 Å². The van der Waals surface area contributed by atoms with Crippen molar-refractivity contribution in [2.75, 3.05) is 0 Å². The molecule has 1 aromatic rings. The molecule has 0 unspecified atom stereocenters. The van der Waals surface area contributed by atoms with Crippen molar-refractivity contribution in [1.82, 2.24) is 0 Å². The highest BCUT2D eigenvalue weighted by molar-refractivity contribution is 5.18. The quantitative estimate of drug-likeness (QED) is 0.590. The highest BCUT2D eigenvalue weighted by Crippen LogP contribution is 2.25. The van der Waals surface area contributed by atoms with Crippen molar-refractivity contribution >= 4 is 0 Å². The Morgan fingerprint density at radius 3 is 2.17 bits per heavy atom. The van der Waals surface area contributed by atoms with Crippen LogP contribution in [0.1, 0.15) is 32.8 Å². The summed E-state index contributed by atoms with van der Waals surface area (Å²) < 4.78 is 2.06. The number of pyridine rings is 1. The van der Waals surface area contributed by atoms with Crippen molar-refractivity contribution < 1.29 is 4.57 Å². The molecule has 0 fully saturated rings. The van der Waals surface area contributed by atoms with E-state index in [-0.39, 0.29) is 0 Å². The van der Waals surface area contributed by atoms with Gasteiger partial charge >= 0.3 is 0 Å². The molecular formula is C11H18N+. The molecule has 0 saturated heterocycles. The van der Waals surface area contributed by atoms with Crippen molar-refractivity contribution in [3.63, 3.8) is 0 Å². The Hall–Kier alpha value is -0.850. The lowest BCUT2D eigenvalue weighted by molar-refractivity contribution is -0.671. The summed E-state index contributed by atoms with van der Waals surface area (Å²) in [6, 6.07) is 4.40. The summed E-state index contributed by atoms with van der Waals surface area (Å²) in [5.41, 5.74) is 1.73. The SMILES string of the molecule is CCC(C)(C)c1cc[n+](C)cc1. The number of hydrogen-bond acceptors (Lipinski definition) is 0. The predicted molar refractivity (Wildman–Crippen MR) is 50.9 cm³/mol. The third-order valence-electron chi connectivity index (χ3n) is 2.64. The van der Waals surface area contributed by atoms with Gasteiger partial charge in [0.25, 0.3) is 0 Å². The fourth-order valence-corrected chi connectivity index (χ4v) is 1.16. The van der Waals surface area contributed by atoms with Gasteiger partial charge in [0, 0.05) is 12.1 Å². The fourth-order valence-electron chi connectivity index (χ4n) is 1.16. The summed E-state index contributed by atoms with van der Waals surface area (Å²) >= 11 is 0. The second kappa shape index (κ2) is 3.26. The van der Waals surface area contributed by atoms with Gasteiger partial charge in [-0.3, -0.25) is 0 Å². The van der Waals surface area contributed by atoms with E-state index < -0.39 is 0 Å². The maximum absolute atomic E-state index is 2.28. The Bertz CT molecular complexity index is 246. The van der Waals surface area contributed by atoms with Gasteiger partial charge in [-0.2, -0.15) is 0 Å². The van der Waals surface area contributed by atoms with Gasteiger partial charge in [0.05, 0.1) is 0 Å². The van der Waals surface area contributed by atoms with Crippen LogP contribution in [0, 0.1) is 0 Å². The Morgan fingerprint density at radius 1 is 1.25 bits per heavy atom. The van der Waals surface area contributed by atoms with Crippen LogP contribution >= 0.6 is 0 Å². The summed E-state index contributed by atoms with van der Waals surface area (Å²) in [6.07, 6.45) is 5.39. The number of rotatable bonds is 2. The van der Waals surface area contributed by atoms with Crippen LogP contribution in [0.15, 0.2) is 24.5 Å². The highest BCUT2D eigenvalue weighted by atomic mass is 14.9. The van der Waals surface area contributed by atoms with Gasteiger partial charge in [0.1, 0.15) is 7.05 Å². The van der Waals surface area contributed by atoms with E-state index in [9.17, 15) is 0 Å². The Morgan fingerprint density at radius 2 is 1.75 bits per heavy atom. The Labute approximate surface area is 75.1 Å². The number of aromatic nitrogens is 1. The molecule has 0 aliphatic heterocycles. The molecule has 0 aliphatic rings. The van der Waals surface area contributed by atoms with Crippen LogP contribution in [0.25, 0.3) is 0 Å². The molecule has 0 atom stereocenters. The van der Waals surface area contributed by atoms with Crippen LogP contribution in [-0.2, 0) is 12.5 Å². The second-order valence-electron chi connectivity index (χ2n) is 3.99. The van der Waals surface area contributed by atoms with E-state index in [0.29, 0.717) is 5.41 Å². The molecule has 1 heterocycles. The van der Waals surface area contributed by atoms with Crippen LogP contribution in [0.2, 0.25) is 0 Å². The molecule has 0 radical (unpaired) electrons. The lowest BCUT2D eigenvalue weighted by atomic mass is 9.83. The van der Waals surface area contributed by atoms with E-state index in [1.165, 1.54) is 12.0 Å². The molecule has 0 N–H and O–H groups in total. The third kappa shape index (κ3) is 1.84. The van der Waals surface area contributed by atoms with Gasteiger partial charge in [0.15, 0.2) is 12.4 Å². The summed E-state index contributed by atoms with van der Waals surface area (Å²) in [7, 11) is 2.04. The largest absolute Gasteiger partial charge is 0.208 e. The summed E-state index contributed by atoms with van der Waals surface area (Å²) in [6.45, 7) is 6.79. The van der Waals surface area contributed by atoms with Crippen LogP contribution in [0.5, 0.6) is 0 Å². The third-order valence-corrected chi connectivity index (χ3v) is 2.64. The molecule has 0 aliphatic carbocycles. The van der Waals surface area contributed by atoms with Gasteiger partial charge in [-0.1, -0.05) is 20.8 Å². The molecule has 66 valence electrons. The zero-order valence-corrected chi connectivity index (χ0v) is 8.46. The van der Waals surface area contributed by atoms with E-state index in [2.05, 4.69) is 49.9 Å². The molecule has 1 rings (SSSR count). The van der Waals surface area contributed by atoms with Crippen molar-refractivity contribution in [2.45, 2.75) is 32.6 Å². The molecule has 0 aromatic carbocycles. The smallest absolute Gasteiger partial charge is 0.168 e. The van der Waals surface area contributed by atoms with Gasteiger partial charge < -0.3 is 0 Å². The molecule has 1 heteroatoms.